The van der Waals surface area contributed by atoms with Crippen molar-refractivity contribution in [3.63, 3.8) is 0 Å². The Kier molecular flexibility index (Phi) is 6.24. The molecule has 1 aromatic rings. The molecule has 5 nitrogen and oxygen atoms in total. The molecule has 1 unspecified atom stereocenters. The molecule has 0 radical (unpaired) electrons. The van der Waals surface area contributed by atoms with Crippen LogP contribution in [-0.4, -0.2) is 26.0 Å². The van der Waals surface area contributed by atoms with Crippen LogP contribution in [0.2, 0.25) is 0 Å². The summed E-state index contributed by atoms with van der Waals surface area (Å²) in [5.41, 5.74) is 0. The molecule has 0 bridgehead atoms. The van der Waals surface area contributed by atoms with Gasteiger partial charge in [-0.2, -0.15) is 0 Å². The molecular formula is C12H14BrF2NO4S. The van der Waals surface area contributed by atoms with Crippen LogP contribution in [0.1, 0.15) is 19.8 Å². The molecule has 0 saturated carbocycles. The summed E-state index contributed by atoms with van der Waals surface area (Å²) in [6.07, 6.45) is 0.845. The Balaban J connectivity index is 3.00. The molecule has 118 valence electrons. The van der Waals surface area contributed by atoms with Gasteiger partial charge >= 0.3 is 5.97 Å². The van der Waals surface area contributed by atoms with Crippen molar-refractivity contribution in [1.29, 1.82) is 0 Å². The number of nitrogens with one attached hydrogen (secondary N) is 1. The first kappa shape index (κ1) is 18.0. The highest BCUT2D eigenvalue weighted by molar-refractivity contribution is 9.10. The van der Waals surface area contributed by atoms with Gasteiger partial charge in [0.05, 0.1) is 5.92 Å². The first-order chi connectivity index (χ1) is 9.69. The van der Waals surface area contributed by atoms with E-state index in [-0.39, 0.29) is 17.4 Å². The van der Waals surface area contributed by atoms with Crippen LogP contribution in [0, 0.1) is 17.6 Å². The molecular weight excluding hydrogens is 372 g/mol. The SMILES string of the molecule is CCCC(CNS(=O)(=O)c1c(F)cc(F)cc1Br)C(=O)O. The van der Waals surface area contributed by atoms with Gasteiger partial charge in [-0.15, -0.1) is 0 Å². The molecule has 9 heteroatoms. The fourth-order valence-electron chi connectivity index (χ4n) is 1.73. The second-order valence-corrected chi connectivity index (χ2v) is 6.93. The van der Waals surface area contributed by atoms with Crippen LogP contribution < -0.4 is 4.72 Å². The minimum atomic E-state index is -4.29. The fraction of sp³-hybridized carbons (Fsp3) is 0.417. The first-order valence-electron chi connectivity index (χ1n) is 6.06. The largest absolute Gasteiger partial charge is 0.481 e. The van der Waals surface area contributed by atoms with Crippen LogP contribution in [0.5, 0.6) is 0 Å². The van der Waals surface area contributed by atoms with Crippen molar-refractivity contribution in [2.24, 2.45) is 5.92 Å². The maximum atomic E-state index is 13.6. The Labute approximate surface area is 129 Å². The van der Waals surface area contributed by atoms with Gasteiger partial charge in [0.25, 0.3) is 0 Å². The van der Waals surface area contributed by atoms with Gasteiger partial charge in [0.1, 0.15) is 16.5 Å². The number of benzene rings is 1. The van der Waals surface area contributed by atoms with Gasteiger partial charge in [0.2, 0.25) is 10.0 Å². The maximum Gasteiger partial charge on any atom is 0.307 e. The molecule has 0 aliphatic carbocycles. The molecule has 0 saturated heterocycles. The summed E-state index contributed by atoms with van der Waals surface area (Å²) < 4.78 is 52.4. The molecule has 0 spiro atoms. The highest BCUT2D eigenvalue weighted by Crippen LogP contribution is 2.26. The summed E-state index contributed by atoms with van der Waals surface area (Å²) in [7, 11) is -4.29. The summed E-state index contributed by atoms with van der Waals surface area (Å²) in [5, 5.41) is 8.95. The van der Waals surface area contributed by atoms with E-state index in [1.165, 1.54) is 0 Å². The number of halogens is 3. The summed E-state index contributed by atoms with van der Waals surface area (Å²) >= 11 is 2.78. The molecule has 0 aromatic heterocycles. The topological polar surface area (TPSA) is 83.5 Å². The van der Waals surface area contributed by atoms with Crippen LogP contribution in [-0.2, 0) is 14.8 Å². The molecule has 2 N–H and O–H groups in total. The van der Waals surface area contributed by atoms with Crippen molar-refractivity contribution in [1.82, 2.24) is 4.72 Å². The van der Waals surface area contributed by atoms with Gasteiger partial charge in [-0.25, -0.2) is 21.9 Å². The van der Waals surface area contributed by atoms with Crippen molar-refractivity contribution in [3.8, 4) is 0 Å². The van der Waals surface area contributed by atoms with Gasteiger partial charge in [0.15, 0.2) is 0 Å². The Morgan fingerprint density at radius 3 is 2.52 bits per heavy atom. The van der Waals surface area contributed by atoms with Gasteiger partial charge in [-0.05, 0) is 28.4 Å². The van der Waals surface area contributed by atoms with E-state index in [1.807, 2.05) is 4.72 Å². The average Bonchev–Trinajstić information content (AvgIpc) is 2.32. The predicted molar refractivity (Wildman–Crippen MR) is 75.3 cm³/mol. The van der Waals surface area contributed by atoms with Gasteiger partial charge in [0, 0.05) is 17.1 Å². The Hall–Kier alpha value is -1.06. The fourth-order valence-corrected chi connectivity index (χ4v) is 3.97. The van der Waals surface area contributed by atoms with E-state index in [0.29, 0.717) is 12.5 Å². The lowest BCUT2D eigenvalue weighted by atomic mass is 10.1. The van der Waals surface area contributed by atoms with E-state index >= 15 is 0 Å². The lowest BCUT2D eigenvalue weighted by Crippen LogP contribution is -2.33. The molecule has 1 rings (SSSR count). The number of carboxylic acids is 1. The number of sulfonamides is 1. The molecule has 0 aliphatic rings. The highest BCUT2D eigenvalue weighted by atomic mass is 79.9. The second-order valence-electron chi connectivity index (χ2n) is 4.37. The standard InChI is InChI=1S/C12H14BrF2NO4S/c1-2-3-7(12(17)18)6-16-21(19,20)11-9(13)4-8(14)5-10(11)15/h4-5,7,16H,2-3,6H2,1H3,(H,17,18). The molecule has 0 aliphatic heterocycles. The zero-order chi connectivity index (χ0) is 16.2. The molecule has 0 amide bonds. The van der Waals surface area contributed by atoms with E-state index in [1.54, 1.807) is 6.92 Å². The Morgan fingerprint density at radius 2 is 2.05 bits per heavy atom. The number of rotatable bonds is 7. The number of hydrogen-bond acceptors (Lipinski definition) is 3. The lowest BCUT2D eigenvalue weighted by Gasteiger charge is -2.14. The van der Waals surface area contributed by atoms with Crippen LogP contribution >= 0.6 is 15.9 Å². The minimum Gasteiger partial charge on any atom is -0.481 e. The number of carbonyl (C=O) groups is 1. The van der Waals surface area contributed by atoms with E-state index in [2.05, 4.69) is 15.9 Å². The predicted octanol–water partition coefficient (Wildman–Crippen LogP) is 2.51. The Bertz CT molecular complexity index is 613. The van der Waals surface area contributed by atoms with E-state index in [4.69, 9.17) is 5.11 Å². The van der Waals surface area contributed by atoms with Crippen molar-refractivity contribution in [3.05, 3.63) is 28.2 Å². The molecule has 0 fully saturated rings. The van der Waals surface area contributed by atoms with Crippen molar-refractivity contribution in [2.45, 2.75) is 24.7 Å². The summed E-state index contributed by atoms with van der Waals surface area (Å²) in [5.74, 6) is -4.23. The Morgan fingerprint density at radius 1 is 1.43 bits per heavy atom. The zero-order valence-electron chi connectivity index (χ0n) is 11.1. The van der Waals surface area contributed by atoms with E-state index in [9.17, 15) is 22.0 Å². The quantitative estimate of drug-likeness (QED) is 0.755. The highest BCUT2D eigenvalue weighted by Gasteiger charge is 2.26. The van der Waals surface area contributed by atoms with Crippen LogP contribution in [0.4, 0.5) is 8.78 Å². The zero-order valence-corrected chi connectivity index (χ0v) is 13.5. The summed E-state index contributed by atoms with van der Waals surface area (Å²) in [6, 6.07) is 1.26. The first-order valence-corrected chi connectivity index (χ1v) is 8.33. The van der Waals surface area contributed by atoms with Crippen molar-refractivity contribution in [2.75, 3.05) is 6.54 Å². The third kappa shape index (κ3) is 4.72. The second kappa shape index (κ2) is 7.28. The summed E-state index contributed by atoms with van der Waals surface area (Å²) in [4.78, 5) is 10.2. The third-order valence-corrected chi connectivity index (χ3v) is 5.12. The van der Waals surface area contributed by atoms with Gasteiger partial charge in [-0.3, -0.25) is 4.79 Å². The smallest absolute Gasteiger partial charge is 0.307 e. The molecule has 21 heavy (non-hydrogen) atoms. The maximum absolute atomic E-state index is 13.6. The van der Waals surface area contributed by atoms with Gasteiger partial charge < -0.3 is 5.11 Å². The van der Waals surface area contributed by atoms with Crippen LogP contribution in [0.3, 0.4) is 0 Å². The summed E-state index contributed by atoms with van der Waals surface area (Å²) in [6.45, 7) is 1.40. The van der Waals surface area contributed by atoms with Crippen LogP contribution in [0.15, 0.2) is 21.5 Å². The molecule has 0 heterocycles. The lowest BCUT2D eigenvalue weighted by molar-refractivity contribution is -0.141. The van der Waals surface area contributed by atoms with E-state index < -0.39 is 38.4 Å². The van der Waals surface area contributed by atoms with E-state index in [0.717, 1.165) is 6.07 Å². The van der Waals surface area contributed by atoms with Crippen molar-refractivity contribution < 1.29 is 27.1 Å². The average molecular weight is 386 g/mol. The molecule has 1 aromatic carbocycles. The van der Waals surface area contributed by atoms with Crippen LogP contribution in [0.25, 0.3) is 0 Å². The monoisotopic (exact) mass is 385 g/mol. The number of hydrogen-bond donors (Lipinski definition) is 2. The molecule has 1 atom stereocenters. The van der Waals surface area contributed by atoms with Gasteiger partial charge in [-0.1, -0.05) is 13.3 Å². The normalized spacial score (nSPS) is 13.1. The number of carboxylic acid groups (broad SMARTS) is 1. The minimum absolute atomic E-state index is 0.269. The number of aliphatic carboxylic acids is 1. The third-order valence-electron chi connectivity index (χ3n) is 2.74. The van der Waals surface area contributed by atoms with Crippen molar-refractivity contribution >= 4 is 31.9 Å².